The Bertz CT molecular complexity index is 1140. The summed E-state index contributed by atoms with van der Waals surface area (Å²) in [6.07, 6.45) is 0. The molecule has 0 saturated heterocycles. The van der Waals surface area contributed by atoms with Crippen LogP contribution in [-0.2, 0) is 4.79 Å². The minimum absolute atomic E-state index is 0.188. The van der Waals surface area contributed by atoms with Crippen molar-refractivity contribution in [3.05, 3.63) is 82.9 Å². The van der Waals surface area contributed by atoms with Crippen molar-refractivity contribution in [1.82, 2.24) is 0 Å². The van der Waals surface area contributed by atoms with E-state index in [2.05, 4.69) is 10.6 Å². The quantitative estimate of drug-likeness (QED) is 0.569. The van der Waals surface area contributed by atoms with E-state index in [9.17, 15) is 9.59 Å². The minimum Gasteiger partial charge on any atom is -0.497 e. The number of halogens is 1. The lowest BCUT2D eigenvalue weighted by molar-refractivity contribution is -0.118. The molecule has 3 aromatic rings. The maximum Gasteiger partial charge on any atom is 0.262 e. The highest BCUT2D eigenvalue weighted by Crippen LogP contribution is 2.21. The second kappa shape index (κ2) is 10.1. The van der Waals surface area contributed by atoms with Crippen LogP contribution in [0, 0.1) is 11.3 Å². The Hall–Kier alpha value is -4.02. The number of methoxy groups -OCH3 is 1. The van der Waals surface area contributed by atoms with Gasteiger partial charge in [0.2, 0.25) is 0 Å². The van der Waals surface area contributed by atoms with Crippen molar-refractivity contribution in [3.63, 3.8) is 0 Å². The van der Waals surface area contributed by atoms with Crippen LogP contribution in [0.1, 0.15) is 15.9 Å². The third-order valence-corrected chi connectivity index (χ3v) is 4.50. The van der Waals surface area contributed by atoms with Crippen LogP contribution in [-0.4, -0.2) is 25.5 Å². The lowest BCUT2D eigenvalue weighted by Crippen LogP contribution is -2.20. The number of amides is 2. The van der Waals surface area contributed by atoms with E-state index in [1.54, 1.807) is 61.7 Å². The molecule has 0 radical (unpaired) electrons. The molecule has 2 amide bonds. The lowest BCUT2D eigenvalue weighted by atomic mass is 10.2. The maximum absolute atomic E-state index is 12.4. The van der Waals surface area contributed by atoms with Crippen molar-refractivity contribution < 1.29 is 19.1 Å². The molecule has 3 rings (SSSR count). The highest BCUT2D eigenvalue weighted by Gasteiger charge is 2.09. The van der Waals surface area contributed by atoms with Crippen LogP contribution in [0.3, 0.4) is 0 Å². The number of hydrogen-bond donors (Lipinski definition) is 2. The van der Waals surface area contributed by atoms with Gasteiger partial charge >= 0.3 is 0 Å². The molecule has 7 nitrogen and oxygen atoms in total. The fourth-order valence-corrected chi connectivity index (χ4v) is 2.86. The molecule has 0 unspecified atom stereocenters. The van der Waals surface area contributed by atoms with Crippen molar-refractivity contribution in [2.45, 2.75) is 0 Å². The number of rotatable bonds is 7. The van der Waals surface area contributed by atoms with Crippen molar-refractivity contribution in [1.29, 1.82) is 5.26 Å². The Morgan fingerprint density at radius 3 is 2.39 bits per heavy atom. The Morgan fingerprint density at radius 2 is 1.71 bits per heavy atom. The summed E-state index contributed by atoms with van der Waals surface area (Å²) in [7, 11) is 1.55. The van der Waals surface area contributed by atoms with Crippen LogP contribution < -0.4 is 20.1 Å². The molecule has 0 bridgehead atoms. The van der Waals surface area contributed by atoms with Gasteiger partial charge in [-0.25, -0.2) is 0 Å². The van der Waals surface area contributed by atoms with E-state index in [0.29, 0.717) is 34.0 Å². The van der Waals surface area contributed by atoms with Gasteiger partial charge in [-0.3, -0.25) is 9.59 Å². The fraction of sp³-hybridized carbons (Fsp3) is 0.0870. The first-order chi connectivity index (χ1) is 15.0. The van der Waals surface area contributed by atoms with Gasteiger partial charge in [0.05, 0.1) is 17.7 Å². The monoisotopic (exact) mass is 435 g/mol. The smallest absolute Gasteiger partial charge is 0.262 e. The first-order valence-electron chi connectivity index (χ1n) is 9.16. The number of ether oxygens (including phenoxy) is 2. The van der Waals surface area contributed by atoms with Crippen molar-refractivity contribution in [2.24, 2.45) is 0 Å². The van der Waals surface area contributed by atoms with E-state index in [1.807, 2.05) is 6.07 Å². The summed E-state index contributed by atoms with van der Waals surface area (Å²) in [5.41, 5.74) is 1.80. The van der Waals surface area contributed by atoms with Gasteiger partial charge in [-0.05, 0) is 54.6 Å². The molecule has 8 heteroatoms. The van der Waals surface area contributed by atoms with Gasteiger partial charge in [-0.2, -0.15) is 5.26 Å². The molecule has 0 fully saturated rings. The molecular weight excluding hydrogens is 418 g/mol. The van der Waals surface area contributed by atoms with Crippen LogP contribution in [0.4, 0.5) is 11.4 Å². The van der Waals surface area contributed by atoms with Crippen LogP contribution in [0.25, 0.3) is 0 Å². The van der Waals surface area contributed by atoms with E-state index >= 15 is 0 Å². The van der Waals surface area contributed by atoms with Crippen LogP contribution in [0.2, 0.25) is 5.02 Å². The number of carbonyl (C=O) groups excluding carboxylic acids is 2. The topological polar surface area (TPSA) is 100 Å². The largest absolute Gasteiger partial charge is 0.497 e. The van der Waals surface area contributed by atoms with Gasteiger partial charge in [0.1, 0.15) is 17.6 Å². The number of anilines is 2. The second-order valence-electron chi connectivity index (χ2n) is 6.35. The molecule has 156 valence electrons. The van der Waals surface area contributed by atoms with Gasteiger partial charge in [0.25, 0.3) is 11.8 Å². The highest BCUT2D eigenvalue weighted by atomic mass is 35.5. The number of hydrogen-bond acceptors (Lipinski definition) is 5. The fourth-order valence-electron chi connectivity index (χ4n) is 2.64. The zero-order valence-corrected chi connectivity index (χ0v) is 17.3. The van der Waals surface area contributed by atoms with E-state index in [-0.39, 0.29) is 23.4 Å². The Kier molecular flexibility index (Phi) is 7.09. The van der Waals surface area contributed by atoms with Gasteiger partial charge < -0.3 is 20.1 Å². The summed E-state index contributed by atoms with van der Waals surface area (Å²) in [6, 6.07) is 19.9. The summed E-state index contributed by atoms with van der Waals surface area (Å²) in [5, 5.41) is 14.6. The number of carbonyl (C=O) groups is 2. The molecule has 0 aliphatic rings. The summed E-state index contributed by atoms with van der Waals surface area (Å²) in [6.45, 7) is -0.188. The third-order valence-electron chi connectivity index (χ3n) is 4.19. The predicted octanol–water partition coefficient (Wildman–Crippen LogP) is 4.49. The molecule has 31 heavy (non-hydrogen) atoms. The molecule has 0 aliphatic heterocycles. The van der Waals surface area contributed by atoms with Gasteiger partial charge in [0, 0.05) is 23.0 Å². The van der Waals surface area contributed by atoms with Crippen molar-refractivity contribution in [2.75, 3.05) is 24.4 Å². The summed E-state index contributed by atoms with van der Waals surface area (Å²) in [4.78, 5) is 24.4. The average molecular weight is 436 g/mol. The number of benzene rings is 3. The maximum atomic E-state index is 12.4. The molecule has 0 heterocycles. The van der Waals surface area contributed by atoms with Gasteiger partial charge in [-0.15, -0.1) is 0 Å². The van der Waals surface area contributed by atoms with E-state index in [4.69, 9.17) is 26.3 Å². The molecule has 0 aliphatic carbocycles. The first-order valence-corrected chi connectivity index (χ1v) is 9.54. The molecule has 3 aromatic carbocycles. The zero-order valence-electron chi connectivity index (χ0n) is 16.5. The number of nitriles is 1. The normalized spacial score (nSPS) is 9.97. The lowest BCUT2D eigenvalue weighted by Gasteiger charge is -2.10. The molecular formula is C23H18ClN3O4. The summed E-state index contributed by atoms with van der Waals surface area (Å²) in [5.74, 6) is 0.408. The molecule has 0 aromatic heterocycles. The number of nitrogens with one attached hydrogen (secondary N) is 2. The van der Waals surface area contributed by atoms with Gasteiger partial charge in [-0.1, -0.05) is 17.7 Å². The average Bonchev–Trinajstić information content (AvgIpc) is 2.78. The van der Waals surface area contributed by atoms with Crippen molar-refractivity contribution >= 4 is 34.8 Å². The van der Waals surface area contributed by atoms with E-state index in [1.165, 1.54) is 12.1 Å². The summed E-state index contributed by atoms with van der Waals surface area (Å²) >= 11 is 5.98. The van der Waals surface area contributed by atoms with Crippen molar-refractivity contribution in [3.8, 4) is 17.6 Å². The minimum atomic E-state index is -0.344. The molecule has 2 N–H and O–H groups in total. The second-order valence-corrected chi connectivity index (χ2v) is 6.76. The molecule has 0 atom stereocenters. The Morgan fingerprint density at radius 1 is 0.968 bits per heavy atom. The van der Waals surface area contributed by atoms with E-state index in [0.717, 1.165) is 0 Å². The first kappa shape index (κ1) is 21.7. The highest BCUT2D eigenvalue weighted by molar-refractivity contribution is 6.32. The predicted molar refractivity (Wildman–Crippen MR) is 118 cm³/mol. The standard InChI is InChI=1S/C23H18ClN3O4/c1-30-20-4-2-3-17(11-20)26-22(28)14-31-19-9-6-15(7-10-19)23(29)27-18-8-5-16(13-25)21(24)12-18/h2-12H,14H2,1H3,(H,26,28)(H,27,29). The number of nitrogens with zero attached hydrogens (tertiary/aromatic N) is 1. The van der Waals surface area contributed by atoms with Gasteiger partial charge in [0.15, 0.2) is 6.61 Å². The third kappa shape index (κ3) is 5.98. The Balaban J connectivity index is 1.53. The van der Waals surface area contributed by atoms with Crippen LogP contribution in [0.15, 0.2) is 66.7 Å². The SMILES string of the molecule is COc1cccc(NC(=O)COc2ccc(C(=O)Nc3ccc(C#N)c(Cl)c3)cc2)c1. The molecule has 0 saturated carbocycles. The van der Waals surface area contributed by atoms with Crippen LogP contribution >= 0.6 is 11.6 Å². The Labute approximate surface area is 184 Å². The zero-order chi connectivity index (χ0) is 22.2. The summed E-state index contributed by atoms with van der Waals surface area (Å²) < 4.78 is 10.6. The molecule has 0 spiro atoms. The van der Waals surface area contributed by atoms with E-state index < -0.39 is 0 Å². The van der Waals surface area contributed by atoms with Crippen LogP contribution in [0.5, 0.6) is 11.5 Å².